The molecule has 0 aliphatic carbocycles. The van der Waals surface area contributed by atoms with Crippen molar-refractivity contribution in [1.29, 1.82) is 0 Å². The molecule has 66 valence electrons. The van der Waals surface area contributed by atoms with Gasteiger partial charge in [0.05, 0.1) is 0 Å². The Morgan fingerprint density at radius 1 is 1.55 bits per heavy atom. The molecule has 0 aromatic heterocycles. The highest BCUT2D eigenvalue weighted by molar-refractivity contribution is 5.79. The normalized spacial score (nSPS) is 14.5. The molecular weight excluding hydrogens is 142 g/mol. The van der Waals surface area contributed by atoms with Crippen LogP contribution in [0.4, 0.5) is 0 Å². The smallest absolute Gasteiger partial charge is 0.247 e. The molecule has 0 saturated heterocycles. The summed E-state index contributed by atoms with van der Waals surface area (Å²) in [5, 5.41) is 0. The van der Waals surface area contributed by atoms with Gasteiger partial charge in [-0.2, -0.15) is 0 Å². The van der Waals surface area contributed by atoms with E-state index in [1.54, 1.807) is 0 Å². The lowest BCUT2D eigenvalue weighted by atomic mass is 9.88. The maximum absolute atomic E-state index is 10.8. The molecule has 0 bridgehead atoms. The molecule has 0 aliphatic heterocycles. The van der Waals surface area contributed by atoms with Crippen LogP contribution in [0.3, 0.4) is 0 Å². The Balaban J connectivity index is 4.22. The van der Waals surface area contributed by atoms with Crippen LogP contribution in [-0.2, 0) is 9.53 Å². The highest BCUT2D eigenvalue weighted by atomic mass is 16.5. The second-order valence-corrected chi connectivity index (χ2v) is 3.60. The van der Waals surface area contributed by atoms with Crippen LogP contribution in [0.5, 0.6) is 0 Å². The largest absolute Gasteiger partial charge is 0.368 e. The van der Waals surface area contributed by atoms with Crippen LogP contribution in [0, 0.1) is 5.41 Å². The molecule has 0 saturated carbocycles. The quantitative estimate of drug-likeness (QED) is 0.665. The van der Waals surface area contributed by atoms with Crippen molar-refractivity contribution in [3.8, 4) is 0 Å². The van der Waals surface area contributed by atoms with Crippen LogP contribution in [-0.4, -0.2) is 18.6 Å². The molecule has 0 fully saturated rings. The average Bonchev–Trinajstić information content (AvgIpc) is 1.79. The zero-order valence-electron chi connectivity index (χ0n) is 7.68. The number of hydrogen-bond acceptors (Lipinski definition) is 2. The number of carbonyl (C=O) groups is 1. The summed E-state index contributed by atoms with van der Waals surface area (Å²) in [6.45, 7) is 8.15. The third-order valence-corrected chi connectivity index (χ3v) is 1.38. The average molecular weight is 159 g/mol. The Morgan fingerprint density at radius 2 is 2.00 bits per heavy atom. The maximum Gasteiger partial charge on any atom is 0.247 e. The molecule has 3 nitrogen and oxygen atoms in total. The van der Waals surface area contributed by atoms with Crippen LogP contribution in [0.1, 0.15) is 27.7 Å². The summed E-state index contributed by atoms with van der Waals surface area (Å²) in [6.07, 6.45) is -0.479. The number of hydrogen-bond donors (Lipinski definition) is 1. The highest BCUT2D eigenvalue weighted by Gasteiger charge is 2.29. The molecule has 0 aromatic rings. The van der Waals surface area contributed by atoms with Crippen LogP contribution >= 0.6 is 0 Å². The van der Waals surface area contributed by atoms with Gasteiger partial charge in [0.15, 0.2) is 0 Å². The lowest BCUT2D eigenvalue weighted by Gasteiger charge is -2.27. The van der Waals surface area contributed by atoms with Crippen LogP contribution in [0.25, 0.3) is 0 Å². The van der Waals surface area contributed by atoms with Crippen LogP contribution in [0.15, 0.2) is 0 Å². The standard InChI is InChI=1S/C8H17NO2/c1-5-11-6(7(9)10)8(2,3)4/h6H,5H2,1-4H3,(H2,9,10). The van der Waals surface area contributed by atoms with E-state index in [4.69, 9.17) is 10.5 Å². The minimum Gasteiger partial charge on any atom is -0.368 e. The summed E-state index contributed by atoms with van der Waals surface area (Å²) in [5.74, 6) is -0.389. The first kappa shape index (κ1) is 10.4. The SMILES string of the molecule is CCOC(C(N)=O)C(C)(C)C. The predicted molar refractivity (Wildman–Crippen MR) is 44.1 cm³/mol. The highest BCUT2D eigenvalue weighted by Crippen LogP contribution is 2.21. The fourth-order valence-electron chi connectivity index (χ4n) is 0.926. The first-order valence-corrected chi connectivity index (χ1v) is 3.80. The molecule has 0 aliphatic rings. The Hall–Kier alpha value is -0.570. The van der Waals surface area contributed by atoms with E-state index in [1.165, 1.54) is 0 Å². The van der Waals surface area contributed by atoms with E-state index < -0.39 is 6.10 Å². The van der Waals surface area contributed by atoms with Crippen molar-refractivity contribution in [1.82, 2.24) is 0 Å². The molecule has 0 rings (SSSR count). The van der Waals surface area contributed by atoms with E-state index >= 15 is 0 Å². The number of carbonyl (C=O) groups excluding carboxylic acids is 1. The van der Waals surface area contributed by atoms with Gasteiger partial charge in [0.2, 0.25) is 5.91 Å². The van der Waals surface area contributed by atoms with Crippen molar-refractivity contribution < 1.29 is 9.53 Å². The van der Waals surface area contributed by atoms with Gasteiger partial charge in [0, 0.05) is 6.61 Å². The maximum atomic E-state index is 10.8. The van der Waals surface area contributed by atoms with Gasteiger partial charge in [-0.25, -0.2) is 0 Å². The molecule has 0 radical (unpaired) electrons. The van der Waals surface area contributed by atoms with Crippen molar-refractivity contribution >= 4 is 5.91 Å². The fraction of sp³-hybridized carbons (Fsp3) is 0.875. The third-order valence-electron chi connectivity index (χ3n) is 1.38. The van der Waals surface area contributed by atoms with Gasteiger partial charge >= 0.3 is 0 Å². The van der Waals surface area contributed by atoms with Crippen molar-refractivity contribution in [3.05, 3.63) is 0 Å². The fourth-order valence-corrected chi connectivity index (χ4v) is 0.926. The van der Waals surface area contributed by atoms with Crippen molar-refractivity contribution in [2.24, 2.45) is 11.1 Å². The first-order chi connectivity index (χ1) is 4.89. The molecular formula is C8H17NO2. The molecule has 1 unspecified atom stereocenters. The summed E-state index contributed by atoms with van der Waals surface area (Å²) < 4.78 is 5.19. The lowest BCUT2D eigenvalue weighted by molar-refractivity contribution is -0.136. The molecule has 3 heteroatoms. The Bertz CT molecular complexity index is 138. The number of primary amides is 1. The third kappa shape index (κ3) is 3.37. The lowest BCUT2D eigenvalue weighted by Crippen LogP contribution is -2.41. The van der Waals surface area contributed by atoms with Gasteiger partial charge in [0.25, 0.3) is 0 Å². The summed E-state index contributed by atoms with van der Waals surface area (Å²) in [5.41, 5.74) is 4.94. The Labute approximate surface area is 67.9 Å². The van der Waals surface area contributed by atoms with Crippen molar-refractivity contribution in [2.75, 3.05) is 6.61 Å². The molecule has 2 N–H and O–H groups in total. The number of amides is 1. The van der Waals surface area contributed by atoms with E-state index in [2.05, 4.69) is 0 Å². The number of ether oxygens (including phenoxy) is 1. The summed E-state index contributed by atoms with van der Waals surface area (Å²) in [4.78, 5) is 10.8. The second kappa shape index (κ2) is 3.72. The van der Waals surface area contributed by atoms with E-state index in [1.807, 2.05) is 27.7 Å². The topological polar surface area (TPSA) is 52.3 Å². The van der Waals surface area contributed by atoms with Crippen LogP contribution < -0.4 is 5.73 Å². The second-order valence-electron chi connectivity index (χ2n) is 3.60. The van der Waals surface area contributed by atoms with Crippen molar-refractivity contribution in [2.45, 2.75) is 33.8 Å². The summed E-state index contributed by atoms with van der Waals surface area (Å²) in [7, 11) is 0. The molecule has 1 atom stereocenters. The van der Waals surface area contributed by atoms with Crippen LogP contribution in [0.2, 0.25) is 0 Å². The molecule has 11 heavy (non-hydrogen) atoms. The molecule has 0 spiro atoms. The zero-order valence-corrected chi connectivity index (χ0v) is 7.68. The van der Waals surface area contributed by atoms with Gasteiger partial charge < -0.3 is 10.5 Å². The van der Waals surface area contributed by atoms with E-state index in [0.717, 1.165) is 0 Å². The van der Waals surface area contributed by atoms with Gasteiger partial charge in [0.1, 0.15) is 6.10 Å². The minimum absolute atomic E-state index is 0.207. The molecule has 0 aromatic carbocycles. The minimum atomic E-state index is -0.479. The Kier molecular flexibility index (Phi) is 3.52. The van der Waals surface area contributed by atoms with Gasteiger partial charge in [-0.15, -0.1) is 0 Å². The van der Waals surface area contributed by atoms with E-state index in [-0.39, 0.29) is 11.3 Å². The number of rotatable bonds is 3. The van der Waals surface area contributed by atoms with E-state index in [9.17, 15) is 4.79 Å². The predicted octanol–water partition coefficient (Wildman–Crippen LogP) is 0.923. The summed E-state index contributed by atoms with van der Waals surface area (Å²) in [6, 6.07) is 0. The Morgan fingerprint density at radius 3 is 2.09 bits per heavy atom. The zero-order chi connectivity index (χ0) is 9.07. The summed E-state index contributed by atoms with van der Waals surface area (Å²) >= 11 is 0. The first-order valence-electron chi connectivity index (χ1n) is 3.80. The monoisotopic (exact) mass is 159 g/mol. The number of nitrogens with two attached hydrogens (primary N) is 1. The van der Waals surface area contributed by atoms with Gasteiger partial charge in [-0.3, -0.25) is 4.79 Å². The molecule has 1 amide bonds. The van der Waals surface area contributed by atoms with Crippen molar-refractivity contribution in [3.63, 3.8) is 0 Å². The van der Waals surface area contributed by atoms with Gasteiger partial charge in [-0.1, -0.05) is 20.8 Å². The van der Waals surface area contributed by atoms with E-state index in [0.29, 0.717) is 6.61 Å². The molecule has 0 heterocycles. The van der Waals surface area contributed by atoms with Gasteiger partial charge in [-0.05, 0) is 12.3 Å².